The average Bonchev–Trinajstić information content (AvgIpc) is 3.39. The van der Waals surface area contributed by atoms with Gasteiger partial charge in [0.15, 0.2) is 16.7 Å². The molecule has 0 atom stereocenters. The number of hydrogen-bond acceptors (Lipinski definition) is 5. The Morgan fingerprint density at radius 1 is 0.966 bits per heavy atom. The zero-order valence-electron chi connectivity index (χ0n) is 16.5. The fraction of sp³-hybridized carbons (Fsp3) is 0.174. The first-order valence-corrected chi connectivity index (χ1v) is 10.3. The lowest BCUT2D eigenvalue weighted by molar-refractivity contribution is 0.102. The van der Waals surface area contributed by atoms with Gasteiger partial charge in [-0.2, -0.15) is 0 Å². The van der Waals surface area contributed by atoms with Crippen LogP contribution in [0.25, 0.3) is 17.3 Å². The molecule has 0 bridgehead atoms. The number of carbonyl (C=O) groups is 1. The van der Waals surface area contributed by atoms with Gasteiger partial charge >= 0.3 is 0 Å². The van der Waals surface area contributed by atoms with Crippen molar-refractivity contribution in [2.45, 2.75) is 25.9 Å². The molecule has 0 aliphatic carbocycles. The summed E-state index contributed by atoms with van der Waals surface area (Å²) < 4.78 is 7.45. The standard InChI is InChI=1S/C23H21N3O2S/c1-15-12-17(3)19(13-16(15)2)20(27)14-29-23-25-24-22(21-10-7-11-28-21)26(23)18-8-5-4-6-9-18/h4-13H,14H2,1-3H3. The summed E-state index contributed by atoms with van der Waals surface area (Å²) in [6.07, 6.45) is 1.61. The van der Waals surface area contributed by atoms with Gasteiger partial charge < -0.3 is 4.42 Å². The Balaban J connectivity index is 1.64. The third-order valence-electron chi connectivity index (χ3n) is 4.86. The van der Waals surface area contributed by atoms with Crippen LogP contribution < -0.4 is 0 Å². The van der Waals surface area contributed by atoms with Crippen molar-refractivity contribution in [3.05, 3.63) is 83.1 Å². The second-order valence-electron chi connectivity index (χ2n) is 6.92. The predicted molar refractivity (Wildman–Crippen MR) is 115 cm³/mol. The molecule has 146 valence electrons. The second kappa shape index (κ2) is 8.09. The van der Waals surface area contributed by atoms with Gasteiger partial charge in [0, 0.05) is 11.3 Å². The van der Waals surface area contributed by atoms with E-state index in [4.69, 9.17) is 4.42 Å². The normalized spacial score (nSPS) is 11.0. The molecule has 0 aliphatic heterocycles. The van der Waals surface area contributed by atoms with Crippen LogP contribution in [0.1, 0.15) is 27.0 Å². The molecule has 0 saturated carbocycles. The minimum absolute atomic E-state index is 0.0813. The van der Waals surface area contributed by atoms with Crippen LogP contribution in [0.3, 0.4) is 0 Å². The van der Waals surface area contributed by atoms with Crippen molar-refractivity contribution in [1.82, 2.24) is 14.8 Å². The predicted octanol–water partition coefficient (Wildman–Crippen LogP) is 5.43. The zero-order chi connectivity index (χ0) is 20.4. The van der Waals surface area contributed by atoms with Gasteiger partial charge in [-0.15, -0.1) is 10.2 Å². The Morgan fingerprint density at radius 3 is 2.45 bits per heavy atom. The van der Waals surface area contributed by atoms with Crippen LogP contribution in [0.4, 0.5) is 0 Å². The summed E-state index contributed by atoms with van der Waals surface area (Å²) in [7, 11) is 0. The van der Waals surface area contributed by atoms with Crippen molar-refractivity contribution in [3.63, 3.8) is 0 Å². The Kier molecular flexibility index (Phi) is 5.36. The fourth-order valence-corrected chi connectivity index (χ4v) is 4.04. The van der Waals surface area contributed by atoms with Crippen molar-refractivity contribution in [3.8, 4) is 17.3 Å². The number of benzene rings is 2. The van der Waals surface area contributed by atoms with E-state index in [9.17, 15) is 4.79 Å². The fourth-order valence-electron chi connectivity index (χ4n) is 3.21. The molecule has 6 heteroatoms. The maximum absolute atomic E-state index is 12.9. The minimum Gasteiger partial charge on any atom is -0.461 e. The number of furan rings is 1. The van der Waals surface area contributed by atoms with Crippen molar-refractivity contribution >= 4 is 17.5 Å². The molecule has 2 aromatic carbocycles. The van der Waals surface area contributed by atoms with Crippen LogP contribution in [0.5, 0.6) is 0 Å². The van der Waals surface area contributed by atoms with Gasteiger partial charge in [0.05, 0.1) is 12.0 Å². The molecule has 29 heavy (non-hydrogen) atoms. The van der Waals surface area contributed by atoms with Crippen LogP contribution in [0.15, 0.2) is 70.4 Å². The number of aryl methyl sites for hydroxylation is 3. The Hall–Kier alpha value is -3.12. The second-order valence-corrected chi connectivity index (χ2v) is 7.86. The topological polar surface area (TPSA) is 60.9 Å². The van der Waals surface area contributed by atoms with E-state index in [1.807, 2.05) is 66.9 Å². The van der Waals surface area contributed by atoms with E-state index in [-0.39, 0.29) is 11.5 Å². The molecule has 2 heterocycles. The molecule has 0 radical (unpaired) electrons. The van der Waals surface area contributed by atoms with Gasteiger partial charge in [0.2, 0.25) is 5.82 Å². The number of Topliss-reactive ketones (excluding diaryl/α,β-unsaturated/α-hetero) is 1. The molecular formula is C23H21N3O2S. The Morgan fingerprint density at radius 2 is 1.72 bits per heavy atom. The monoisotopic (exact) mass is 403 g/mol. The highest BCUT2D eigenvalue weighted by atomic mass is 32.2. The molecule has 0 saturated heterocycles. The molecule has 0 amide bonds. The lowest BCUT2D eigenvalue weighted by atomic mass is 9.99. The highest BCUT2D eigenvalue weighted by molar-refractivity contribution is 7.99. The van der Waals surface area contributed by atoms with E-state index in [2.05, 4.69) is 23.2 Å². The average molecular weight is 404 g/mol. The number of hydrogen-bond donors (Lipinski definition) is 0. The number of rotatable bonds is 6. The lowest BCUT2D eigenvalue weighted by Gasteiger charge is -2.10. The van der Waals surface area contributed by atoms with E-state index >= 15 is 0 Å². The SMILES string of the molecule is Cc1cc(C)c(C(=O)CSc2nnc(-c3ccco3)n2-c2ccccc2)cc1C. The third kappa shape index (κ3) is 3.89. The maximum Gasteiger partial charge on any atom is 0.205 e. The molecule has 0 spiro atoms. The summed E-state index contributed by atoms with van der Waals surface area (Å²) in [5.41, 5.74) is 4.99. The van der Waals surface area contributed by atoms with Gasteiger partial charge in [-0.3, -0.25) is 9.36 Å². The molecule has 0 fully saturated rings. The van der Waals surface area contributed by atoms with Crippen molar-refractivity contribution in [1.29, 1.82) is 0 Å². The quantitative estimate of drug-likeness (QED) is 0.317. The minimum atomic E-state index is 0.0813. The number of nitrogens with zero attached hydrogens (tertiary/aromatic N) is 3. The Bertz CT molecular complexity index is 1150. The van der Waals surface area contributed by atoms with Crippen molar-refractivity contribution in [2.24, 2.45) is 0 Å². The van der Waals surface area contributed by atoms with E-state index < -0.39 is 0 Å². The number of carbonyl (C=O) groups excluding carboxylic acids is 1. The number of aromatic nitrogens is 3. The van der Waals surface area contributed by atoms with E-state index in [1.54, 1.807) is 6.26 Å². The number of ketones is 1. The summed E-state index contributed by atoms with van der Waals surface area (Å²) in [4.78, 5) is 12.9. The van der Waals surface area contributed by atoms with Crippen LogP contribution >= 0.6 is 11.8 Å². The zero-order valence-corrected chi connectivity index (χ0v) is 17.4. The summed E-state index contributed by atoms with van der Waals surface area (Å²) in [5, 5.41) is 9.30. The summed E-state index contributed by atoms with van der Waals surface area (Å²) >= 11 is 1.38. The van der Waals surface area contributed by atoms with Gasteiger partial charge in [-0.05, 0) is 67.8 Å². The van der Waals surface area contributed by atoms with Gasteiger partial charge in [0.1, 0.15) is 0 Å². The molecule has 0 unspecified atom stereocenters. The van der Waals surface area contributed by atoms with E-state index in [1.165, 1.54) is 17.3 Å². The lowest BCUT2D eigenvalue weighted by Crippen LogP contribution is -2.07. The molecular weight excluding hydrogens is 382 g/mol. The largest absolute Gasteiger partial charge is 0.461 e. The maximum atomic E-state index is 12.9. The van der Waals surface area contributed by atoms with Crippen molar-refractivity contribution < 1.29 is 9.21 Å². The smallest absolute Gasteiger partial charge is 0.205 e. The Labute approximate surface area is 173 Å². The van der Waals surface area contributed by atoms with Crippen molar-refractivity contribution in [2.75, 3.05) is 5.75 Å². The third-order valence-corrected chi connectivity index (χ3v) is 5.79. The highest BCUT2D eigenvalue weighted by Gasteiger charge is 2.19. The van der Waals surface area contributed by atoms with Gasteiger partial charge in [-0.25, -0.2) is 0 Å². The molecule has 5 nitrogen and oxygen atoms in total. The summed E-state index contributed by atoms with van der Waals surface area (Å²) in [6, 6.07) is 17.5. The first kappa shape index (κ1) is 19.2. The number of thioether (sulfide) groups is 1. The van der Waals surface area contributed by atoms with Gasteiger partial charge in [0.25, 0.3) is 0 Å². The van der Waals surface area contributed by atoms with Crippen LogP contribution in [0, 0.1) is 20.8 Å². The molecule has 4 rings (SSSR count). The molecule has 0 N–H and O–H groups in total. The molecule has 2 aromatic heterocycles. The van der Waals surface area contributed by atoms with E-state index in [0.717, 1.165) is 22.4 Å². The van der Waals surface area contributed by atoms with Crippen LogP contribution in [0.2, 0.25) is 0 Å². The molecule has 4 aromatic rings. The highest BCUT2D eigenvalue weighted by Crippen LogP contribution is 2.29. The van der Waals surface area contributed by atoms with E-state index in [0.29, 0.717) is 16.7 Å². The summed E-state index contributed by atoms with van der Waals surface area (Å²) in [6.45, 7) is 6.07. The first-order chi connectivity index (χ1) is 14.0. The first-order valence-electron chi connectivity index (χ1n) is 9.33. The van der Waals surface area contributed by atoms with Crippen LogP contribution in [-0.4, -0.2) is 26.3 Å². The van der Waals surface area contributed by atoms with Crippen LogP contribution in [-0.2, 0) is 0 Å². The molecule has 0 aliphatic rings. The summed E-state index contributed by atoms with van der Waals surface area (Å²) in [5.74, 6) is 1.60. The number of para-hydroxylation sites is 1. The van der Waals surface area contributed by atoms with Gasteiger partial charge in [-0.1, -0.05) is 36.0 Å².